The summed E-state index contributed by atoms with van der Waals surface area (Å²) < 4.78 is 0. The molecule has 84 valence electrons. The highest BCUT2D eigenvalue weighted by molar-refractivity contribution is 6.42. The van der Waals surface area contributed by atoms with Crippen molar-refractivity contribution < 1.29 is 0 Å². The van der Waals surface area contributed by atoms with Crippen molar-refractivity contribution in [3.8, 4) is 0 Å². The molecule has 0 fully saturated rings. The van der Waals surface area contributed by atoms with Gasteiger partial charge in [-0.2, -0.15) is 0 Å². The van der Waals surface area contributed by atoms with Crippen LogP contribution in [-0.2, 0) is 0 Å². The number of rotatable bonds is 5. The van der Waals surface area contributed by atoms with Gasteiger partial charge in [-0.25, -0.2) is 0 Å². The van der Waals surface area contributed by atoms with Crippen molar-refractivity contribution in [2.45, 2.75) is 25.7 Å². The molecule has 3 heteroatoms. The summed E-state index contributed by atoms with van der Waals surface area (Å²) in [6, 6.07) is 5.92. The highest BCUT2D eigenvalue weighted by Crippen LogP contribution is 2.29. The largest absolute Gasteiger partial charge is 0.320 e. The lowest BCUT2D eigenvalue weighted by atomic mass is 9.93. The van der Waals surface area contributed by atoms with Crippen LogP contribution in [0.25, 0.3) is 0 Å². The Kier molecular flexibility index (Phi) is 5.44. The van der Waals surface area contributed by atoms with Crippen LogP contribution in [0.1, 0.15) is 31.2 Å². The molecule has 1 N–H and O–H groups in total. The Morgan fingerprint density at radius 2 is 2.00 bits per heavy atom. The molecule has 0 aliphatic rings. The number of hydrogen-bond donors (Lipinski definition) is 1. The van der Waals surface area contributed by atoms with Crippen LogP contribution < -0.4 is 5.32 Å². The first-order valence-corrected chi connectivity index (χ1v) is 6.04. The van der Waals surface area contributed by atoms with Gasteiger partial charge in [-0.1, -0.05) is 36.2 Å². The van der Waals surface area contributed by atoms with Gasteiger partial charge in [0.15, 0.2) is 0 Å². The van der Waals surface area contributed by atoms with E-state index < -0.39 is 0 Å². The lowest BCUT2D eigenvalue weighted by Gasteiger charge is -2.15. The number of benzene rings is 1. The average Bonchev–Trinajstić information content (AvgIpc) is 2.24. The minimum Gasteiger partial charge on any atom is -0.320 e. The first kappa shape index (κ1) is 12.8. The topological polar surface area (TPSA) is 12.0 Å². The van der Waals surface area contributed by atoms with Crippen molar-refractivity contribution in [2.24, 2.45) is 0 Å². The van der Waals surface area contributed by atoms with Crippen LogP contribution in [0.3, 0.4) is 0 Å². The summed E-state index contributed by atoms with van der Waals surface area (Å²) in [6.07, 6.45) is 2.25. The van der Waals surface area contributed by atoms with Crippen LogP contribution in [0.15, 0.2) is 18.2 Å². The number of nitrogens with one attached hydrogen (secondary N) is 1. The standard InChI is InChI=1S/C12H17Cl2N/c1-3-9(6-7-15-2)10-4-5-11(13)12(14)8-10/h4-5,8-9,15H,3,6-7H2,1-2H3. The molecule has 1 nitrogen and oxygen atoms in total. The predicted octanol–water partition coefficient (Wildman–Crippen LogP) is 4.10. The molecule has 15 heavy (non-hydrogen) atoms. The van der Waals surface area contributed by atoms with Gasteiger partial charge >= 0.3 is 0 Å². The van der Waals surface area contributed by atoms with E-state index in [-0.39, 0.29) is 0 Å². The van der Waals surface area contributed by atoms with Gasteiger partial charge in [0.25, 0.3) is 0 Å². The molecule has 1 rings (SSSR count). The molecule has 0 aliphatic carbocycles. The molecular weight excluding hydrogens is 229 g/mol. The first-order valence-electron chi connectivity index (χ1n) is 5.28. The summed E-state index contributed by atoms with van der Waals surface area (Å²) in [4.78, 5) is 0. The molecule has 0 amide bonds. The summed E-state index contributed by atoms with van der Waals surface area (Å²) in [5.74, 6) is 0.562. The maximum absolute atomic E-state index is 6.00. The normalized spacial score (nSPS) is 12.8. The predicted molar refractivity (Wildman–Crippen MR) is 68.0 cm³/mol. The third-order valence-electron chi connectivity index (χ3n) is 2.65. The van der Waals surface area contributed by atoms with E-state index in [2.05, 4.69) is 18.3 Å². The second-order valence-corrected chi connectivity index (χ2v) is 4.49. The van der Waals surface area contributed by atoms with E-state index in [4.69, 9.17) is 23.2 Å². The molecular formula is C12H17Cl2N. The third kappa shape index (κ3) is 3.67. The fraction of sp³-hybridized carbons (Fsp3) is 0.500. The van der Waals surface area contributed by atoms with Crippen LogP contribution in [0.5, 0.6) is 0 Å². The van der Waals surface area contributed by atoms with E-state index in [0.29, 0.717) is 16.0 Å². The third-order valence-corrected chi connectivity index (χ3v) is 3.39. The van der Waals surface area contributed by atoms with Gasteiger partial charge in [-0.3, -0.25) is 0 Å². The Morgan fingerprint density at radius 1 is 1.27 bits per heavy atom. The summed E-state index contributed by atoms with van der Waals surface area (Å²) in [5.41, 5.74) is 1.28. The summed E-state index contributed by atoms with van der Waals surface area (Å²) in [7, 11) is 1.97. The second-order valence-electron chi connectivity index (χ2n) is 3.67. The minimum atomic E-state index is 0.562. The van der Waals surface area contributed by atoms with E-state index in [1.54, 1.807) is 0 Å². The number of hydrogen-bond acceptors (Lipinski definition) is 1. The summed E-state index contributed by atoms with van der Waals surface area (Å²) in [5, 5.41) is 4.45. The zero-order valence-corrected chi connectivity index (χ0v) is 10.7. The van der Waals surface area contributed by atoms with Gasteiger partial charge in [0, 0.05) is 0 Å². The Labute approximate surface area is 102 Å². The van der Waals surface area contributed by atoms with Gasteiger partial charge in [-0.15, -0.1) is 0 Å². The SMILES string of the molecule is CCC(CCNC)c1ccc(Cl)c(Cl)c1. The Hall–Kier alpha value is -0.240. The molecule has 0 saturated carbocycles. The molecule has 0 saturated heterocycles. The van der Waals surface area contributed by atoms with Crippen LogP contribution in [0, 0.1) is 0 Å². The van der Waals surface area contributed by atoms with Crippen LogP contribution in [-0.4, -0.2) is 13.6 Å². The quantitative estimate of drug-likeness (QED) is 0.824. The zero-order chi connectivity index (χ0) is 11.3. The van der Waals surface area contributed by atoms with Gasteiger partial charge < -0.3 is 5.32 Å². The number of halogens is 2. The molecule has 0 radical (unpaired) electrons. The van der Waals surface area contributed by atoms with Crippen molar-refractivity contribution in [3.05, 3.63) is 33.8 Å². The molecule has 0 bridgehead atoms. The lowest BCUT2D eigenvalue weighted by Crippen LogP contribution is -2.11. The van der Waals surface area contributed by atoms with E-state index in [1.807, 2.05) is 19.2 Å². The van der Waals surface area contributed by atoms with Gasteiger partial charge in [0.1, 0.15) is 0 Å². The maximum Gasteiger partial charge on any atom is 0.0595 e. The molecule has 0 spiro atoms. The zero-order valence-electron chi connectivity index (χ0n) is 9.19. The average molecular weight is 246 g/mol. The van der Waals surface area contributed by atoms with Gasteiger partial charge in [0.2, 0.25) is 0 Å². The van der Waals surface area contributed by atoms with Crippen LogP contribution in [0.2, 0.25) is 10.0 Å². The van der Waals surface area contributed by atoms with E-state index in [1.165, 1.54) is 5.56 Å². The summed E-state index contributed by atoms with van der Waals surface area (Å²) in [6.45, 7) is 3.22. The highest BCUT2D eigenvalue weighted by Gasteiger charge is 2.10. The fourth-order valence-corrected chi connectivity index (χ4v) is 2.00. The minimum absolute atomic E-state index is 0.562. The molecule has 1 aromatic carbocycles. The maximum atomic E-state index is 6.00. The lowest BCUT2D eigenvalue weighted by molar-refractivity contribution is 0.581. The van der Waals surface area contributed by atoms with E-state index >= 15 is 0 Å². The first-order chi connectivity index (χ1) is 7.19. The second kappa shape index (κ2) is 6.37. The molecule has 1 atom stereocenters. The van der Waals surface area contributed by atoms with E-state index in [0.717, 1.165) is 19.4 Å². The van der Waals surface area contributed by atoms with Crippen molar-refractivity contribution in [1.82, 2.24) is 5.32 Å². The van der Waals surface area contributed by atoms with Gasteiger partial charge in [-0.05, 0) is 50.0 Å². The Bertz CT molecular complexity index is 312. The highest BCUT2D eigenvalue weighted by atomic mass is 35.5. The molecule has 0 heterocycles. The molecule has 1 unspecified atom stereocenters. The van der Waals surface area contributed by atoms with E-state index in [9.17, 15) is 0 Å². The molecule has 1 aromatic rings. The Morgan fingerprint density at radius 3 is 2.53 bits per heavy atom. The molecule has 0 aromatic heterocycles. The van der Waals surface area contributed by atoms with Gasteiger partial charge in [0.05, 0.1) is 10.0 Å². The van der Waals surface area contributed by atoms with Crippen molar-refractivity contribution in [1.29, 1.82) is 0 Å². The fourth-order valence-electron chi connectivity index (χ4n) is 1.69. The summed E-state index contributed by atoms with van der Waals surface area (Å²) >= 11 is 11.9. The molecule has 0 aliphatic heterocycles. The van der Waals surface area contributed by atoms with Crippen molar-refractivity contribution in [2.75, 3.05) is 13.6 Å². The Balaban J connectivity index is 2.78. The van der Waals surface area contributed by atoms with Crippen molar-refractivity contribution >= 4 is 23.2 Å². The van der Waals surface area contributed by atoms with Crippen molar-refractivity contribution in [3.63, 3.8) is 0 Å². The smallest absolute Gasteiger partial charge is 0.0595 e. The van der Waals surface area contributed by atoms with Crippen LogP contribution >= 0.6 is 23.2 Å². The van der Waals surface area contributed by atoms with Crippen LogP contribution in [0.4, 0.5) is 0 Å². The monoisotopic (exact) mass is 245 g/mol.